The third-order valence-corrected chi connectivity index (χ3v) is 3.43. The van der Waals surface area contributed by atoms with Gasteiger partial charge in [0, 0.05) is 30.4 Å². The Morgan fingerprint density at radius 2 is 2.26 bits per heavy atom. The molecule has 0 spiro atoms. The molecule has 1 heterocycles. The lowest BCUT2D eigenvalue weighted by molar-refractivity contribution is 0.0682. The summed E-state index contributed by atoms with van der Waals surface area (Å²) in [5.41, 5.74) is 7.03. The topological polar surface area (TPSA) is 55.6 Å². The predicted octanol–water partition coefficient (Wildman–Crippen LogP) is 2.54. The smallest absolute Gasteiger partial charge is 0.254 e. The normalized spacial score (nSPS) is 19.3. The first-order valence-corrected chi connectivity index (χ1v) is 6.92. The van der Waals surface area contributed by atoms with E-state index in [-0.39, 0.29) is 5.91 Å². The summed E-state index contributed by atoms with van der Waals surface area (Å²) in [6, 6.07) is 5.25. The van der Waals surface area contributed by atoms with Gasteiger partial charge in [-0.25, -0.2) is 0 Å². The van der Waals surface area contributed by atoms with E-state index in [4.69, 9.17) is 10.5 Å². The van der Waals surface area contributed by atoms with Crippen molar-refractivity contribution in [3.63, 3.8) is 0 Å². The zero-order chi connectivity index (χ0) is 13.8. The second-order valence-corrected chi connectivity index (χ2v) is 5.22. The lowest BCUT2D eigenvalue weighted by Crippen LogP contribution is -2.39. The van der Waals surface area contributed by atoms with Crippen LogP contribution < -0.4 is 10.5 Å². The fraction of sp³-hybridized carbons (Fsp3) is 0.533. The van der Waals surface area contributed by atoms with Crippen molar-refractivity contribution in [2.24, 2.45) is 5.92 Å². The molecular weight excluding hydrogens is 240 g/mol. The van der Waals surface area contributed by atoms with Crippen LogP contribution in [0.4, 0.5) is 5.69 Å². The quantitative estimate of drug-likeness (QED) is 0.852. The van der Waals surface area contributed by atoms with Crippen molar-refractivity contribution in [1.82, 2.24) is 4.90 Å². The van der Waals surface area contributed by atoms with E-state index in [0.29, 0.717) is 29.5 Å². The molecule has 1 fully saturated rings. The van der Waals surface area contributed by atoms with Crippen molar-refractivity contribution in [2.75, 3.05) is 25.4 Å². The van der Waals surface area contributed by atoms with Crippen molar-refractivity contribution >= 4 is 11.6 Å². The van der Waals surface area contributed by atoms with Gasteiger partial charge in [0.2, 0.25) is 0 Å². The van der Waals surface area contributed by atoms with Gasteiger partial charge in [0.05, 0.1) is 6.61 Å². The van der Waals surface area contributed by atoms with Gasteiger partial charge in [-0.2, -0.15) is 0 Å². The molecule has 2 rings (SSSR count). The molecule has 4 nitrogen and oxygen atoms in total. The summed E-state index contributed by atoms with van der Waals surface area (Å²) in [5, 5.41) is 0. The van der Waals surface area contributed by atoms with Gasteiger partial charge in [0.15, 0.2) is 0 Å². The minimum Gasteiger partial charge on any atom is -0.494 e. The number of hydrogen-bond donors (Lipinski definition) is 1. The largest absolute Gasteiger partial charge is 0.494 e. The summed E-state index contributed by atoms with van der Waals surface area (Å²) >= 11 is 0. The number of piperidine rings is 1. The summed E-state index contributed by atoms with van der Waals surface area (Å²) in [6.07, 6.45) is 2.28. The minimum absolute atomic E-state index is 0.0554. The van der Waals surface area contributed by atoms with E-state index in [1.807, 2.05) is 11.8 Å². The fourth-order valence-electron chi connectivity index (χ4n) is 2.55. The molecule has 1 amide bonds. The Balaban J connectivity index is 2.18. The molecule has 1 aromatic carbocycles. The number of nitrogens with zero attached hydrogens (tertiary/aromatic N) is 1. The molecule has 1 atom stereocenters. The highest BCUT2D eigenvalue weighted by molar-refractivity contribution is 5.95. The van der Waals surface area contributed by atoms with Gasteiger partial charge in [-0.05, 0) is 37.8 Å². The average Bonchev–Trinajstić information content (AvgIpc) is 2.37. The van der Waals surface area contributed by atoms with Crippen LogP contribution in [-0.4, -0.2) is 30.5 Å². The number of ether oxygens (including phenoxy) is 1. The van der Waals surface area contributed by atoms with Crippen molar-refractivity contribution in [3.8, 4) is 5.75 Å². The standard InChI is InChI=1S/C15H22N2O2/c1-3-19-14-8-12(7-13(16)9-14)15(18)17-6-4-5-11(2)10-17/h7-9,11H,3-6,10,16H2,1-2H3. The first-order valence-electron chi connectivity index (χ1n) is 6.92. The van der Waals surface area contributed by atoms with Crippen LogP contribution in [0.15, 0.2) is 18.2 Å². The van der Waals surface area contributed by atoms with Crippen LogP contribution in [0.1, 0.15) is 37.0 Å². The van der Waals surface area contributed by atoms with Crippen molar-refractivity contribution in [1.29, 1.82) is 0 Å². The molecule has 1 aliphatic rings. The Morgan fingerprint density at radius 1 is 1.47 bits per heavy atom. The van der Waals surface area contributed by atoms with Gasteiger partial charge >= 0.3 is 0 Å². The highest BCUT2D eigenvalue weighted by Gasteiger charge is 2.22. The second-order valence-electron chi connectivity index (χ2n) is 5.22. The molecule has 4 heteroatoms. The van der Waals surface area contributed by atoms with E-state index < -0.39 is 0 Å². The monoisotopic (exact) mass is 262 g/mol. The number of rotatable bonds is 3. The van der Waals surface area contributed by atoms with E-state index >= 15 is 0 Å². The summed E-state index contributed by atoms with van der Waals surface area (Å²) < 4.78 is 5.44. The number of benzene rings is 1. The van der Waals surface area contributed by atoms with Crippen LogP contribution in [0.5, 0.6) is 5.75 Å². The third kappa shape index (κ3) is 3.40. The van der Waals surface area contributed by atoms with E-state index in [0.717, 1.165) is 19.5 Å². The number of likely N-dealkylation sites (tertiary alicyclic amines) is 1. The van der Waals surface area contributed by atoms with Gasteiger partial charge in [-0.1, -0.05) is 6.92 Å². The Kier molecular flexibility index (Phi) is 4.30. The van der Waals surface area contributed by atoms with E-state index in [1.54, 1.807) is 18.2 Å². The molecule has 1 aliphatic heterocycles. The van der Waals surface area contributed by atoms with Crippen LogP contribution in [0.25, 0.3) is 0 Å². The molecule has 0 saturated carbocycles. The van der Waals surface area contributed by atoms with Crippen LogP contribution in [0.3, 0.4) is 0 Å². The summed E-state index contributed by atoms with van der Waals surface area (Å²) in [5.74, 6) is 1.29. The maximum Gasteiger partial charge on any atom is 0.254 e. The van der Waals surface area contributed by atoms with Gasteiger partial charge in [-0.3, -0.25) is 4.79 Å². The first kappa shape index (κ1) is 13.7. The molecule has 1 saturated heterocycles. The number of nitrogen functional groups attached to an aromatic ring is 1. The SMILES string of the molecule is CCOc1cc(N)cc(C(=O)N2CCCC(C)C2)c1. The molecule has 0 radical (unpaired) electrons. The van der Waals surface area contributed by atoms with Gasteiger partial charge in [-0.15, -0.1) is 0 Å². The van der Waals surface area contributed by atoms with Crippen LogP contribution in [0.2, 0.25) is 0 Å². The fourth-order valence-corrected chi connectivity index (χ4v) is 2.55. The lowest BCUT2D eigenvalue weighted by Gasteiger charge is -2.31. The maximum atomic E-state index is 12.5. The molecular formula is C15H22N2O2. The molecule has 0 aromatic heterocycles. The number of amides is 1. The Hall–Kier alpha value is -1.71. The zero-order valence-corrected chi connectivity index (χ0v) is 11.7. The number of carbonyl (C=O) groups excluding carboxylic acids is 1. The van der Waals surface area contributed by atoms with E-state index in [1.165, 1.54) is 6.42 Å². The molecule has 2 N–H and O–H groups in total. The predicted molar refractivity (Wildman–Crippen MR) is 76.3 cm³/mol. The van der Waals surface area contributed by atoms with Gasteiger partial charge < -0.3 is 15.4 Å². The van der Waals surface area contributed by atoms with E-state index in [2.05, 4.69) is 6.92 Å². The number of hydrogen-bond acceptors (Lipinski definition) is 3. The van der Waals surface area contributed by atoms with Crippen LogP contribution in [0, 0.1) is 5.92 Å². The van der Waals surface area contributed by atoms with E-state index in [9.17, 15) is 4.79 Å². The maximum absolute atomic E-state index is 12.5. The van der Waals surface area contributed by atoms with Crippen LogP contribution >= 0.6 is 0 Å². The number of anilines is 1. The van der Waals surface area contributed by atoms with Crippen molar-refractivity contribution < 1.29 is 9.53 Å². The average molecular weight is 262 g/mol. The number of carbonyl (C=O) groups is 1. The minimum atomic E-state index is 0.0554. The molecule has 19 heavy (non-hydrogen) atoms. The molecule has 0 bridgehead atoms. The molecule has 104 valence electrons. The summed E-state index contributed by atoms with van der Waals surface area (Å²) in [6.45, 7) is 6.33. The molecule has 0 aliphatic carbocycles. The first-order chi connectivity index (χ1) is 9.10. The second kappa shape index (κ2) is 5.95. The third-order valence-electron chi connectivity index (χ3n) is 3.43. The Morgan fingerprint density at radius 3 is 2.95 bits per heavy atom. The van der Waals surface area contributed by atoms with Gasteiger partial charge in [0.25, 0.3) is 5.91 Å². The van der Waals surface area contributed by atoms with Crippen molar-refractivity contribution in [2.45, 2.75) is 26.7 Å². The Labute approximate surface area is 114 Å². The van der Waals surface area contributed by atoms with Gasteiger partial charge in [0.1, 0.15) is 5.75 Å². The Bertz CT molecular complexity index is 459. The summed E-state index contributed by atoms with van der Waals surface area (Å²) in [7, 11) is 0. The number of nitrogens with two attached hydrogens (primary N) is 1. The lowest BCUT2D eigenvalue weighted by atomic mass is 9.99. The molecule has 1 unspecified atom stereocenters. The summed E-state index contributed by atoms with van der Waals surface area (Å²) in [4.78, 5) is 14.4. The highest BCUT2D eigenvalue weighted by atomic mass is 16.5. The molecule has 1 aromatic rings. The van der Waals surface area contributed by atoms with Crippen molar-refractivity contribution in [3.05, 3.63) is 23.8 Å². The highest BCUT2D eigenvalue weighted by Crippen LogP contribution is 2.23. The van der Waals surface area contributed by atoms with Crippen LogP contribution in [-0.2, 0) is 0 Å². The zero-order valence-electron chi connectivity index (χ0n) is 11.7.